The molecule has 2 rings (SSSR count). The highest BCUT2D eigenvalue weighted by Crippen LogP contribution is 2.30. The Hall–Kier alpha value is -1.34. The zero-order chi connectivity index (χ0) is 12.3. The summed E-state index contributed by atoms with van der Waals surface area (Å²) in [6.07, 6.45) is 1.18. The van der Waals surface area contributed by atoms with Gasteiger partial charge in [0.25, 0.3) is 0 Å². The number of thioether (sulfide) groups is 1. The van der Waals surface area contributed by atoms with E-state index in [2.05, 4.69) is 18.0 Å². The Morgan fingerprint density at radius 2 is 2.35 bits per heavy atom. The molecule has 1 aromatic rings. The zero-order valence-corrected chi connectivity index (χ0v) is 11.0. The van der Waals surface area contributed by atoms with Gasteiger partial charge in [-0.05, 0) is 24.3 Å². The van der Waals surface area contributed by atoms with Crippen molar-refractivity contribution in [2.45, 2.75) is 12.5 Å². The molecule has 90 valence electrons. The second-order valence-electron chi connectivity index (χ2n) is 4.12. The van der Waals surface area contributed by atoms with Crippen molar-refractivity contribution in [1.29, 1.82) is 5.26 Å². The van der Waals surface area contributed by atoms with Crippen molar-refractivity contribution in [2.75, 3.05) is 30.6 Å². The van der Waals surface area contributed by atoms with E-state index in [0.29, 0.717) is 11.6 Å². The molecule has 1 aromatic carbocycles. The van der Waals surface area contributed by atoms with Crippen molar-refractivity contribution in [3.05, 3.63) is 23.8 Å². The van der Waals surface area contributed by atoms with Gasteiger partial charge in [-0.15, -0.1) is 0 Å². The van der Waals surface area contributed by atoms with E-state index in [1.165, 1.54) is 12.2 Å². The number of hydrogen-bond donors (Lipinski definition) is 0. The molecule has 1 atom stereocenters. The van der Waals surface area contributed by atoms with Gasteiger partial charge < -0.3 is 9.64 Å². The number of ether oxygens (including phenoxy) is 1. The van der Waals surface area contributed by atoms with Crippen LogP contribution in [0, 0.1) is 11.3 Å². The lowest BCUT2D eigenvalue weighted by molar-refractivity contribution is 0.414. The normalized spacial score (nSPS) is 18.8. The van der Waals surface area contributed by atoms with Gasteiger partial charge in [0.05, 0.1) is 18.4 Å². The predicted molar refractivity (Wildman–Crippen MR) is 71.8 cm³/mol. The maximum Gasteiger partial charge on any atom is 0.121 e. The molecule has 1 aliphatic heterocycles. The lowest BCUT2D eigenvalue weighted by Crippen LogP contribution is -2.31. The molecule has 0 radical (unpaired) electrons. The SMILES string of the molecule is COc1ccc(C#N)c(N(C)C2CCSC2)c1. The van der Waals surface area contributed by atoms with Gasteiger partial charge in [0, 0.05) is 24.9 Å². The lowest BCUT2D eigenvalue weighted by atomic mass is 10.1. The highest BCUT2D eigenvalue weighted by atomic mass is 32.2. The van der Waals surface area contributed by atoms with Crippen LogP contribution in [0.15, 0.2) is 18.2 Å². The number of nitrogens with zero attached hydrogens (tertiary/aromatic N) is 2. The van der Waals surface area contributed by atoms with Gasteiger partial charge in [-0.3, -0.25) is 0 Å². The minimum atomic E-state index is 0.527. The zero-order valence-electron chi connectivity index (χ0n) is 10.1. The van der Waals surface area contributed by atoms with Crippen LogP contribution >= 0.6 is 11.8 Å². The molecule has 17 heavy (non-hydrogen) atoms. The summed E-state index contributed by atoms with van der Waals surface area (Å²) in [5, 5.41) is 9.15. The Kier molecular flexibility index (Phi) is 3.80. The molecule has 1 saturated heterocycles. The average Bonchev–Trinajstić information content (AvgIpc) is 2.91. The third-order valence-electron chi connectivity index (χ3n) is 3.16. The maximum absolute atomic E-state index is 9.15. The molecule has 0 N–H and O–H groups in total. The standard InChI is InChI=1S/C13H16N2OS/c1-15(11-5-6-17-9-11)13-7-12(16-2)4-3-10(13)8-14/h3-4,7,11H,5-6,9H2,1-2H3. The number of hydrogen-bond acceptors (Lipinski definition) is 4. The Morgan fingerprint density at radius 3 is 2.94 bits per heavy atom. The van der Waals surface area contributed by atoms with E-state index in [9.17, 15) is 0 Å². The number of nitriles is 1. The molecule has 0 saturated carbocycles. The van der Waals surface area contributed by atoms with Crippen LogP contribution in [-0.2, 0) is 0 Å². The molecule has 3 nitrogen and oxygen atoms in total. The van der Waals surface area contributed by atoms with Crippen molar-refractivity contribution < 1.29 is 4.74 Å². The van der Waals surface area contributed by atoms with Gasteiger partial charge in [-0.2, -0.15) is 17.0 Å². The number of benzene rings is 1. The van der Waals surface area contributed by atoms with Gasteiger partial charge in [0.1, 0.15) is 11.8 Å². The summed E-state index contributed by atoms with van der Waals surface area (Å²) in [5.41, 5.74) is 1.68. The predicted octanol–water partition coefficient (Wildman–Crippen LogP) is 2.51. The van der Waals surface area contributed by atoms with Crippen molar-refractivity contribution in [2.24, 2.45) is 0 Å². The fraction of sp³-hybridized carbons (Fsp3) is 0.462. The molecule has 1 heterocycles. The topological polar surface area (TPSA) is 36.3 Å². The third-order valence-corrected chi connectivity index (χ3v) is 4.30. The van der Waals surface area contributed by atoms with E-state index < -0.39 is 0 Å². The maximum atomic E-state index is 9.15. The van der Waals surface area contributed by atoms with Crippen LogP contribution in [-0.4, -0.2) is 31.7 Å². The van der Waals surface area contributed by atoms with Crippen LogP contribution in [0.4, 0.5) is 5.69 Å². The van der Waals surface area contributed by atoms with E-state index in [0.717, 1.165) is 17.2 Å². The van der Waals surface area contributed by atoms with E-state index in [4.69, 9.17) is 10.00 Å². The van der Waals surface area contributed by atoms with Crippen LogP contribution in [0.5, 0.6) is 5.75 Å². The number of methoxy groups -OCH3 is 1. The average molecular weight is 248 g/mol. The Bertz CT molecular complexity index is 436. The molecular weight excluding hydrogens is 232 g/mol. The van der Waals surface area contributed by atoms with Crippen LogP contribution in [0.3, 0.4) is 0 Å². The largest absolute Gasteiger partial charge is 0.497 e. The first-order chi connectivity index (χ1) is 8.26. The van der Waals surface area contributed by atoms with Gasteiger partial charge in [0.2, 0.25) is 0 Å². The van der Waals surface area contributed by atoms with Gasteiger partial charge in [-0.1, -0.05) is 0 Å². The monoisotopic (exact) mass is 248 g/mol. The van der Waals surface area contributed by atoms with Crippen LogP contribution in [0.2, 0.25) is 0 Å². The minimum absolute atomic E-state index is 0.527. The molecule has 1 aliphatic rings. The number of rotatable bonds is 3. The second kappa shape index (κ2) is 5.33. The molecule has 1 fully saturated rings. The van der Waals surface area contributed by atoms with Gasteiger partial charge in [-0.25, -0.2) is 0 Å². The summed E-state index contributed by atoms with van der Waals surface area (Å²) >= 11 is 1.97. The minimum Gasteiger partial charge on any atom is -0.497 e. The Labute approximate surface area is 106 Å². The molecule has 0 aromatic heterocycles. The summed E-state index contributed by atoms with van der Waals surface area (Å²) in [7, 11) is 3.71. The van der Waals surface area contributed by atoms with Crippen molar-refractivity contribution >= 4 is 17.4 Å². The molecule has 0 spiro atoms. The third kappa shape index (κ3) is 2.50. The first-order valence-electron chi connectivity index (χ1n) is 5.65. The summed E-state index contributed by atoms with van der Waals surface area (Å²) in [6.45, 7) is 0. The quantitative estimate of drug-likeness (QED) is 0.823. The Balaban J connectivity index is 2.31. The highest BCUT2D eigenvalue weighted by Gasteiger charge is 2.22. The fourth-order valence-corrected chi connectivity index (χ4v) is 3.32. The van der Waals surface area contributed by atoms with Gasteiger partial charge >= 0.3 is 0 Å². The second-order valence-corrected chi connectivity index (χ2v) is 5.27. The van der Waals surface area contributed by atoms with Crippen molar-refractivity contribution in [1.82, 2.24) is 0 Å². The van der Waals surface area contributed by atoms with Gasteiger partial charge in [0.15, 0.2) is 0 Å². The summed E-state index contributed by atoms with van der Waals surface area (Å²) < 4.78 is 5.23. The highest BCUT2D eigenvalue weighted by molar-refractivity contribution is 7.99. The van der Waals surface area contributed by atoms with Crippen molar-refractivity contribution in [3.63, 3.8) is 0 Å². The van der Waals surface area contributed by atoms with E-state index >= 15 is 0 Å². The molecule has 0 aliphatic carbocycles. The molecule has 0 amide bonds. The van der Waals surface area contributed by atoms with E-state index in [1.807, 2.05) is 30.0 Å². The molecular formula is C13H16N2OS. The Morgan fingerprint density at radius 1 is 1.53 bits per heavy atom. The lowest BCUT2D eigenvalue weighted by Gasteiger charge is -2.27. The summed E-state index contributed by atoms with van der Waals surface area (Å²) in [5.74, 6) is 3.15. The summed E-state index contributed by atoms with van der Waals surface area (Å²) in [4.78, 5) is 2.21. The first kappa shape index (κ1) is 12.1. The fourth-order valence-electron chi connectivity index (χ4n) is 2.05. The van der Waals surface area contributed by atoms with Crippen LogP contribution in [0.1, 0.15) is 12.0 Å². The van der Waals surface area contributed by atoms with E-state index in [1.54, 1.807) is 7.11 Å². The number of anilines is 1. The van der Waals surface area contributed by atoms with Crippen molar-refractivity contribution in [3.8, 4) is 11.8 Å². The molecule has 0 bridgehead atoms. The summed E-state index contributed by atoms with van der Waals surface area (Å²) in [6, 6.07) is 8.38. The van der Waals surface area contributed by atoms with Crippen LogP contribution in [0.25, 0.3) is 0 Å². The smallest absolute Gasteiger partial charge is 0.121 e. The first-order valence-corrected chi connectivity index (χ1v) is 6.80. The van der Waals surface area contributed by atoms with E-state index in [-0.39, 0.29) is 0 Å². The molecule has 1 unspecified atom stereocenters. The van der Waals surface area contributed by atoms with Crippen LogP contribution < -0.4 is 9.64 Å². The molecule has 4 heteroatoms.